The van der Waals surface area contributed by atoms with Crippen molar-refractivity contribution in [3.8, 4) is 0 Å². The number of hydrogen-bond acceptors (Lipinski definition) is 7. The lowest BCUT2D eigenvalue weighted by molar-refractivity contribution is 0.0748. The van der Waals surface area contributed by atoms with Crippen LogP contribution in [-0.4, -0.2) is 36.8 Å². The van der Waals surface area contributed by atoms with Gasteiger partial charge in [0.05, 0.1) is 11.9 Å². The van der Waals surface area contributed by atoms with E-state index in [1.165, 1.54) is 0 Å². The average molecular weight is 404 g/mol. The van der Waals surface area contributed by atoms with Crippen LogP contribution in [0.2, 0.25) is 5.02 Å². The first kappa shape index (κ1) is 20.2. The molecule has 5 N–H and O–H groups in total. The number of hydrogen-bond donors (Lipinski definition) is 4. The quantitative estimate of drug-likeness (QED) is 0.427. The summed E-state index contributed by atoms with van der Waals surface area (Å²) in [6, 6.07) is 5.37. The van der Waals surface area contributed by atoms with Crippen LogP contribution in [0.1, 0.15) is 32.8 Å². The van der Waals surface area contributed by atoms with Gasteiger partial charge in [0.25, 0.3) is 0 Å². The van der Waals surface area contributed by atoms with Crippen molar-refractivity contribution in [2.24, 2.45) is 0 Å². The molecule has 0 saturated heterocycles. The third kappa shape index (κ3) is 4.82. The predicted molar refractivity (Wildman–Crippen MR) is 114 cm³/mol. The van der Waals surface area contributed by atoms with Gasteiger partial charge in [0.1, 0.15) is 0 Å². The Bertz CT molecular complexity index is 965. The van der Waals surface area contributed by atoms with Gasteiger partial charge < -0.3 is 26.0 Å². The molecule has 0 saturated carbocycles. The highest BCUT2D eigenvalue weighted by atomic mass is 35.5. The zero-order chi connectivity index (χ0) is 20.3. The lowest BCUT2D eigenvalue weighted by Gasteiger charge is -2.17. The molecule has 0 amide bonds. The standard InChI is InChI=1S/C19H26ClN7O/c1-4-27-11-24-15-16(23-10-12-9-13(20)5-6-14(12)21)25-18(26-17(15)27)22-8-7-19(2,3)28/h5-6,9,11,28H,4,7-8,10,21H2,1-3H3,(H2,22,23,25,26). The molecule has 1 aromatic carbocycles. The van der Waals surface area contributed by atoms with Crippen LogP contribution in [0.25, 0.3) is 11.2 Å². The summed E-state index contributed by atoms with van der Waals surface area (Å²) in [6.07, 6.45) is 2.32. The van der Waals surface area contributed by atoms with Crippen LogP contribution in [0.15, 0.2) is 24.5 Å². The van der Waals surface area contributed by atoms with E-state index in [2.05, 4.69) is 25.6 Å². The number of anilines is 3. The Morgan fingerprint density at radius 2 is 2.04 bits per heavy atom. The summed E-state index contributed by atoms with van der Waals surface area (Å²) >= 11 is 6.08. The number of nitrogen functional groups attached to an aromatic ring is 1. The summed E-state index contributed by atoms with van der Waals surface area (Å²) in [5.41, 5.74) is 8.25. The third-order valence-corrected chi connectivity index (χ3v) is 4.61. The Labute approximate surface area is 169 Å². The van der Waals surface area contributed by atoms with Crippen LogP contribution < -0.4 is 16.4 Å². The number of aromatic nitrogens is 4. The highest BCUT2D eigenvalue weighted by Crippen LogP contribution is 2.24. The molecule has 0 aliphatic carbocycles. The highest BCUT2D eigenvalue weighted by molar-refractivity contribution is 6.30. The summed E-state index contributed by atoms with van der Waals surface area (Å²) in [7, 11) is 0. The summed E-state index contributed by atoms with van der Waals surface area (Å²) in [5.74, 6) is 1.09. The van der Waals surface area contributed by atoms with E-state index in [9.17, 15) is 5.11 Å². The van der Waals surface area contributed by atoms with E-state index in [-0.39, 0.29) is 0 Å². The average Bonchev–Trinajstić information content (AvgIpc) is 3.04. The van der Waals surface area contributed by atoms with Gasteiger partial charge in [-0.1, -0.05) is 11.6 Å². The minimum Gasteiger partial charge on any atom is -0.398 e. The molecule has 0 atom stereocenters. The second-order valence-electron chi connectivity index (χ2n) is 7.28. The Morgan fingerprint density at radius 1 is 1.25 bits per heavy atom. The van der Waals surface area contributed by atoms with Gasteiger partial charge in [-0.3, -0.25) is 0 Å². The van der Waals surface area contributed by atoms with Gasteiger partial charge >= 0.3 is 0 Å². The first-order valence-corrected chi connectivity index (χ1v) is 9.61. The molecule has 0 fully saturated rings. The molecule has 150 valence electrons. The van der Waals surface area contributed by atoms with Crippen LogP contribution in [0, 0.1) is 0 Å². The van der Waals surface area contributed by atoms with Crippen LogP contribution in [0.5, 0.6) is 0 Å². The number of halogens is 1. The molecule has 3 aromatic rings. The number of benzene rings is 1. The Balaban J connectivity index is 1.86. The van der Waals surface area contributed by atoms with E-state index in [4.69, 9.17) is 17.3 Å². The monoisotopic (exact) mass is 403 g/mol. The van der Waals surface area contributed by atoms with Crippen LogP contribution in [-0.2, 0) is 13.1 Å². The van der Waals surface area contributed by atoms with Gasteiger partial charge in [0.2, 0.25) is 5.95 Å². The number of aliphatic hydroxyl groups is 1. The number of rotatable bonds is 8. The van der Waals surface area contributed by atoms with E-state index in [0.29, 0.717) is 47.5 Å². The van der Waals surface area contributed by atoms with Gasteiger partial charge in [-0.15, -0.1) is 0 Å². The topological polar surface area (TPSA) is 114 Å². The Kier molecular flexibility index (Phi) is 5.90. The van der Waals surface area contributed by atoms with Crippen LogP contribution in [0.4, 0.5) is 17.5 Å². The minimum atomic E-state index is -0.756. The summed E-state index contributed by atoms with van der Waals surface area (Å²) < 4.78 is 1.96. The molecule has 0 unspecified atom stereocenters. The fourth-order valence-electron chi connectivity index (χ4n) is 2.76. The normalized spacial score (nSPS) is 11.8. The molecular formula is C19H26ClN7O. The molecular weight excluding hydrogens is 378 g/mol. The van der Waals surface area contributed by atoms with Gasteiger partial charge in [0.15, 0.2) is 17.0 Å². The van der Waals surface area contributed by atoms with Gasteiger partial charge in [-0.05, 0) is 51.0 Å². The second kappa shape index (κ2) is 8.20. The lowest BCUT2D eigenvalue weighted by Crippen LogP contribution is -2.23. The van der Waals surface area contributed by atoms with E-state index in [1.54, 1.807) is 32.3 Å². The molecule has 0 aliphatic rings. The van der Waals surface area contributed by atoms with Crippen molar-refractivity contribution in [2.45, 2.75) is 45.9 Å². The Morgan fingerprint density at radius 3 is 2.75 bits per heavy atom. The minimum absolute atomic E-state index is 0.459. The fraction of sp³-hybridized carbons (Fsp3) is 0.421. The molecule has 2 aromatic heterocycles. The molecule has 2 heterocycles. The number of imidazole rings is 1. The van der Waals surface area contributed by atoms with Crippen molar-refractivity contribution in [2.75, 3.05) is 22.9 Å². The molecule has 0 aliphatic heterocycles. The van der Waals surface area contributed by atoms with E-state index >= 15 is 0 Å². The van der Waals surface area contributed by atoms with Crippen LogP contribution >= 0.6 is 11.6 Å². The lowest BCUT2D eigenvalue weighted by atomic mass is 10.1. The highest BCUT2D eigenvalue weighted by Gasteiger charge is 2.15. The molecule has 28 heavy (non-hydrogen) atoms. The van der Waals surface area contributed by atoms with Crippen molar-refractivity contribution >= 4 is 40.2 Å². The summed E-state index contributed by atoms with van der Waals surface area (Å²) in [6.45, 7) is 7.33. The van der Waals surface area contributed by atoms with Crippen molar-refractivity contribution in [3.05, 3.63) is 35.1 Å². The smallest absolute Gasteiger partial charge is 0.226 e. The van der Waals surface area contributed by atoms with Crippen molar-refractivity contribution in [1.29, 1.82) is 0 Å². The van der Waals surface area contributed by atoms with Crippen molar-refractivity contribution in [3.63, 3.8) is 0 Å². The number of nitrogens with two attached hydrogens (primary N) is 1. The molecule has 8 nitrogen and oxygen atoms in total. The maximum absolute atomic E-state index is 9.90. The summed E-state index contributed by atoms with van der Waals surface area (Å²) in [5, 5.41) is 17.0. The molecule has 3 rings (SSSR count). The van der Waals surface area contributed by atoms with Gasteiger partial charge in [-0.25, -0.2) is 4.98 Å². The zero-order valence-electron chi connectivity index (χ0n) is 16.3. The van der Waals surface area contributed by atoms with E-state index in [0.717, 1.165) is 17.8 Å². The summed E-state index contributed by atoms with van der Waals surface area (Å²) in [4.78, 5) is 13.6. The van der Waals surface area contributed by atoms with Crippen molar-refractivity contribution < 1.29 is 5.11 Å². The van der Waals surface area contributed by atoms with Gasteiger partial charge in [0, 0.05) is 30.3 Å². The number of nitrogens with one attached hydrogen (secondary N) is 2. The number of fused-ring (bicyclic) bond motifs is 1. The molecule has 0 bridgehead atoms. The zero-order valence-corrected chi connectivity index (χ0v) is 17.1. The molecule has 0 spiro atoms. The first-order valence-electron chi connectivity index (χ1n) is 9.23. The van der Waals surface area contributed by atoms with E-state index in [1.807, 2.05) is 17.6 Å². The molecule has 0 radical (unpaired) electrons. The third-order valence-electron chi connectivity index (χ3n) is 4.38. The predicted octanol–water partition coefficient (Wildman–Crippen LogP) is 3.27. The van der Waals surface area contributed by atoms with Gasteiger partial charge in [-0.2, -0.15) is 9.97 Å². The van der Waals surface area contributed by atoms with Crippen LogP contribution in [0.3, 0.4) is 0 Å². The van der Waals surface area contributed by atoms with E-state index < -0.39 is 5.60 Å². The second-order valence-corrected chi connectivity index (χ2v) is 7.72. The number of nitrogens with zero attached hydrogens (tertiary/aromatic N) is 4. The fourth-order valence-corrected chi connectivity index (χ4v) is 2.96. The molecule has 9 heteroatoms. The number of aryl methyl sites for hydroxylation is 1. The van der Waals surface area contributed by atoms with Crippen molar-refractivity contribution in [1.82, 2.24) is 19.5 Å². The SMILES string of the molecule is CCn1cnc2c(NCc3cc(Cl)ccc3N)nc(NCCC(C)(C)O)nc21. The maximum Gasteiger partial charge on any atom is 0.226 e. The first-order chi connectivity index (χ1) is 13.3. The maximum atomic E-state index is 9.90. The Hall–Kier alpha value is -2.58. The largest absolute Gasteiger partial charge is 0.398 e.